The van der Waals surface area contributed by atoms with Crippen LogP contribution >= 0.6 is 0 Å². The molecule has 1 saturated carbocycles. The van der Waals surface area contributed by atoms with Crippen molar-refractivity contribution in [1.29, 1.82) is 0 Å². The van der Waals surface area contributed by atoms with E-state index in [0.717, 1.165) is 13.0 Å². The Kier molecular flexibility index (Phi) is 2.01. The molecule has 3 N–H and O–H groups in total. The van der Waals surface area contributed by atoms with E-state index in [1.54, 1.807) is 0 Å². The molecule has 1 aliphatic carbocycles. The van der Waals surface area contributed by atoms with E-state index < -0.39 is 0 Å². The Bertz CT molecular complexity index is 144. The summed E-state index contributed by atoms with van der Waals surface area (Å²) in [6.07, 6.45) is 1.13. The van der Waals surface area contributed by atoms with Crippen molar-refractivity contribution in [2.24, 2.45) is 11.1 Å². The minimum Gasteiger partial charge on any atom is -0.324 e. The normalized spacial score (nSPS) is 37.4. The first-order valence-electron chi connectivity index (χ1n) is 4.33. The van der Waals surface area contributed by atoms with Crippen LogP contribution in [0.15, 0.2) is 0 Å². The Morgan fingerprint density at radius 2 is 2.00 bits per heavy atom. The third kappa shape index (κ3) is 2.80. The lowest BCUT2D eigenvalue weighted by Gasteiger charge is -2.19. The maximum absolute atomic E-state index is 5.88. The predicted octanol–water partition coefficient (Wildman–Crippen LogP) is 1.11. The SMILES string of the molecule is CC(C)(C)CNC1CC1(C)N. The van der Waals surface area contributed by atoms with Gasteiger partial charge in [-0.3, -0.25) is 0 Å². The minimum absolute atomic E-state index is 0.0747. The average Bonchev–Trinajstić information content (AvgIpc) is 2.33. The summed E-state index contributed by atoms with van der Waals surface area (Å²) in [5.74, 6) is 0. The van der Waals surface area contributed by atoms with Crippen molar-refractivity contribution in [2.75, 3.05) is 6.54 Å². The monoisotopic (exact) mass is 156 g/mol. The van der Waals surface area contributed by atoms with E-state index in [2.05, 4.69) is 33.0 Å². The Hall–Kier alpha value is -0.0800. The number of rotatable bonds is 2. The maximum Gasteiger partial charge on any atom is 0.0297 e. The van der Waals surface area contributed by atoms with Crippen LogP contribution in [0, 0.1) is 5.41 Å². The second kappa shape index (κ2) is 2.46. The van der Waals surface area contributed by atoms with Crippen molar-refractivity contribution in [2.45, 2.75) is 45.7 Å². The molecule has 0 bridgehead atoms. The minimum atomic E-state index is 0.0747. The molecule has 0 aliphatic heterocycles. The Morgan fingerprint density at radius 1 is 1.55 bits per heavy atom. The average molecular weight is 156 g/mol. The molecule has 66 valence electrons. The highest BCUT2D eigenvalue weighted by molar-refractivity contribution is 5.10. The second-order valence-corrected chi connectivity index (χ2v) is 5.20. The van der Waals surface area contributed by atoms with Gasteiger partial charge in [-0.15, -0.1) is 0 Å². The first-order chi connectivity index (χ1) is 4.81. The van der Waals surface area contributed by atoms with Crippen LogP contribution in [-0.4, -0.2) is 18.1 Å². The molecular weight excluding hydrogens is 136 g/mol. The zero-order valence-electron chi connectivity index (χ0n) is 8.07. The third-order valence-electron chi connectivity index (χ3n) is 2.16. The fourth-order valence-electron chi connectivity index (χ4n) is 1.12. The van der Waals surface area contributed by atoms with Crippen LogP contribution in [0.4, 0.5) is 0 Å². The fourth-order valence-corrected chi connectivity index (χ4v) is 1.12. The van der Waals surface area contributed by atoms with Gasteiger partial charge in [-0.05, 0) is 18.8 Å². The second-order valence-electron chi connectivity index (χ2n) is 5.20. The molecule has 0 amide bonds. The summed E-state index contributed by atoms with van der Waals surface area (Å²) in [5.41, 5.74) is 6.32. The largest absolute Gasteiger partial charge is 0.324 e. The van der Waals surface area contributed by atoms with Crippen LogP contribution in [0.3, 0.4) is 0 Å². The van der Waals surface area contributed by atoms with E-state index in [1.165, 1.54) is 0 Å². The van der Waals surface area contributed by atoms with Crippen LogP contribution in [-0.2, 0) is 0 Å². The van der Waals surface area contributed by atoms with Gasteiger partial charge in [0.25, 0.3) is 0 Å². The standard InChI is InChI=1S/C9H20N2/c1-8(2,3)6-11-7-5-9(7,4)10/h7,11H,5-6,10H2,1-4H3. The quantitative estimate of drug-likeness (QED) is 0.628. The summed E-state index contributed by atoms with van der Waals surface area (Å²) in [6, 6.07) is 0.557. The van der Waals surface area contributed by atoms with Gasteiger partial charge in [0, 0.05) is 18.1 Å². The molecule has 1 fully saturated rings. The van der Waals surface area contributed by atoms with Crippen molar-refractivity contribution >= 4 is 0 Å². The molecule has 0 radical (unpaired) electrons. The predicted molar refractivity (Wildman–Crippen MR) is 48.5 cm³/mol. The number of nitrogens with one attached hydrogen (secondary N) is 1. The summed E-state index contributed by atoms with van der Waals surface area (Å²) >= 11 is 0. The fraction of sp³-hybridized carbons (Fsp3) is 1.00. The maximum atomic E-state index is 5.88. The van der Waals surface area contributed by atoms with Gasteiger partial charge in [0.05, 0.1) is 0 Å². The lowest BCUT2D eigenvalue weighted by Crippen LogP contribution is -2.35. The highest BCUT2D eigenvalue weighted by Crippen LogP contribution is 2.32. The summed E-state index contributed by atoms with van der Waals surface area (Å²) in [6.45, 7) is 9.86. The van der Waals surface area contributed by atoms with Crippen molar-refractivity contribution in [3.63, 3.8) is 0 Å². The van der Waals surface area contributed by atoms with Crippen LogP contribution in [0.2, 0.25) is 0 Å². The molecule has 0 heterocycles. The summed E-state index contributed by atoms with van der Waals surface area (Å²) in [5, 5.41) is 3.46. The van der Waals surface area contributed by atoms with E-state index >= 15 is 0 Å². The highest BCUT2D eigenvalue weighted by Gasteiger charge is 2.46. The first kappa shape index (κ1) is 9.01. The van der Waals surface area contributed by atoms with E-state index in [9.17, 15) is 0 Å². The molecule has 0 saturated heterocycles. The van der Waals surface area contributed by atoms with Gasteiger partial charge in [0.1, 0.15) is 0 Å². The zero-order valence-corrected chi connectivity index (χ0v) is 8.07. The Morgan fingerprint density at radius 3 is 2.27 bits per heavy atom. The van der Waals surface area contributed by atoms with Gasteiger partial charge in [0.2, 0.25) is 0 Å². The number of hydrogen-bond acceptors (Lipinski definition) is 2. The summed E-state index contributed by atoms with van der Waals surface area (Å²) < 4.78 is 0. The Labute approximate surface area is 69.5 Å². The van der Waals surface area contributed by atoms with Crippen molar-refractivity contribution < 1.29 is 0 Å². The topological polar surface area (TPSA) is 38.0 Å². The van der Waals surface area contributed by atoms with Crippen molar-refractivity contribution in [3.05, 3.63) is 0 Å². The zero-order chi connectivity index (χ0) is 8.70. The van der Waals surface area contributed by atoms with E-state index in [4.69, 9.17) is 5.73 Å². The molecule has 2 nitrogen and oxygen atoms in total. The smallest absolute Gasteiger partial charge is 0.0297 e. The van der Waals surface area contributed by atoms with Gasteiger partial charge in [-0.2, -0.15) is 0 Å². The summed E-state index contributed by atoms with van der Waals surface area (Å²) in [7, 11) is 0. The molecule has 1 aliphatic rings. The molecule has 2 atom stereocenters. The van der Waals surface area contributed by atoms with Gasteiger partial charge in [0.15, 0.2) is 0 Å². The molecule has 1 rings (SSSR count). The molecule has 2 heteroatoms. The van der Waals surface area contributed by atoms with Crippen LogP contribution in [0.1, 0.15) is 34.1 Å². The third-order valence-corrected chi connectivity index (χ3v) is 2.16. The number of nitrogens with two attached hydrogens (primary N) is 1. The molecular formula is C9H20N2. The van der Waals surface area contributed by atoms with Gasteiger partial charge >= 0.3 is 0 Å². The van der Waals surface area contributed by atoms with Crippen LogP contribution < -0.4 is 11.1 Å². The van der Waals surface area contributed by atoms with E-state index in [-0.39, 0.29) is 5.54 Å². The number of hydrogen-bond donors (Lipinski definition) is 2. The summed E-state index contributed by atoms with van der Waals surface area (Å²) in [4.78, 5) is 0. The molecule has 0 aromatic heterocycles. The van der Waals surface area contributed by atoms with Crippen LogP contribution in [0.5, 0.6) is 0 Å². The highest BCUT2D eigenvalue weighted by atomic mass is 15.1. The van der Waals surface area contributed by atoms with Gasteiger partial charge in [-0.25, -0.2) is 0 Å². The lowest BCUT2D eigenvalue weighted by atomic mass is 9.97. The molecule has 0 aromatic rings. The van der Waals surface area contributed by atoms with Crippen molar-refractivity contribution in [3.8, 4) is 0 Å². The molecule has 0 aromatic carbocycles. The molecule has 0 spiro atoms. The first-order valence-corrected chi connectivity index (χ1v) is 4.33. The van der Waals surface area contributed by atoms with Crippen LogP contribution in [0.25, 0.3) is 0 Å². The molecule has 11 heavy (non-hydrogen) atoms. The van der Waals surface area contributed by atoms with Gasteiger partial charge in [-0.1, -0.05) is 20.8 Å². The lowest BCUT2D eigenvalue weighted by molar-refractivity contribution is 0.372. The van der Waals surface area contributed by atoms with E-state index in [0.29, 0.717) is 11.5 Å². The molecule has 2 unspecified atom stereocenters. The Balaban J connectivity index is 2.16. The van der Waals surface area contributed by atoms with Gasteiger partial charge < -0.3 is 11.1 Å². The van der Waals surface area contributed by atoms with Crippen molar-refractivity contribution in [1.82, 2.24) is 5.32 Å². The van der Waals surface area contributed by atoms with E-state index in [1.807, 2.05) is 0 Å².